The van der Waals surface area contributed by atoms with Crippen molar-refractivity contribution in [3.63, 3.8) is 0 Å². The van der Waals surface area contributed by atoms with Gasteiger partial charge in [-0.2, -0.15) is 26.3 Å². The van der Waals surface area contributed by atoms with E-state index < -0.39 is 53.6 Å². The molecule has 0 unspecified atom stereocenters. The van der Waals surface area contributed by atoms with Crippen LogP contribution in [0, 0.1) is 5.82 Å². The fourth-order valence-electron chi connectivity index (χ4n) is 4.15. The maximum atomic E-state index is 13.7. The van der Waals surface area contributed by atoms with Gasteiger partial charge in [0, 0.05) is 4.47 Å². The van der Waals surface area contributed by atoms with Crippen molar-refractivity contribution in [1.82, 2.24) is 4.90 Å². The van der Waals surface area contributed by atoms with Crippen molar-refractivity contribution in [3.8, 4) is 0 Å². The van der Waals surface area contributed by atoms with E-state index in [1.165, 1.54) is 23.1 Å². The third kappa shape index (κ3) is 3.99. The first kappa shape index (κ1) is 21.9. The van der Waals surface area contributed by atoms with Crippen molar-refractivity contribution in [2.24, 2.45) is 0 Å². The average molecular weight is 512 g/mol. The molecule has 0 bridgehead atoms. The van der Waals surface area contributed by atoms with E-state index in [1.54, 1.807) is 0 Å². The molecule has 0 radical (unpaired) electrons. The predicted molar refractivity (Wildman–Crippen MR) is 97.4 cm³/mol. The Labute approximate surface area is 179 Å². The number of cyclic esters (lactones) is 1. The molecule has 11 heteroatoms. The van der Waals surface area contributed by atoms with Crippen LogP contribution in [0.4, 0.5) is 35.5 Å². The number of ether oxygens (including phenoxy) is 1. The monoisotopic (exact) mass is 511 g/mol. The van der Waals surface area contributed by atoms with Gasteiger partial charge >= 0.3 is 18.4 Å². The van der Waals surface area contributed by atoms with Crippen LogP contribution in [0.25, 0.3) is 0 Å². The van der Waals surface area contributed by atoms with E-state index in [9.17, 15) is 35.5 Å². The van der Waals surface area contributed by atoms with E-state index >= 15 is 0 Å². The standard InChI is InChI=1S/C20H13BrF7NO2/c21-14-2-1-12(22)8-13(14)15-3-4-16-17(31-18(30)29(15)16)9-5-10(19(23,24)25)7-11(6-9)20(26,27)28/h1-2,5-8,15-17H,3-4H2/t15-,16-,17+/m0/s1. The molecule has 2 aliphatic rings. The molecule has 4 rings (SSSR count). The van der Waals surface area contributed by atoms with Crippen molar-refractivity contribution in [3.05, 3.63) is 68.9 Å². The van der Waals surface area contributed by atoms with Gasteiger partial charge in [0.05, 0.1) is 23.2 Å². The Morgan fingerprint density at radius 3 is 2.13 bits per heavy atom. The number of carbonyl (C=O) groups excluding carboxylic acids is 1. The highest BCUT2D eigenvalue weighted by Crippen LogP contribution is 2.49. The quantitative estimate of drug-likeness (QED) is 0.405. The summed E-state index contributed by atoms with van der Waals surface area (Å²) < 4.78 is 98.7. The van der Waals surface area contributed by atoms with Crippen molar-refractivity contribution in [2.45, 2.75) is 43.4 Å². The maximum Gasteiger partial charge on any atom is 0.416 e. The molecule has 2 heterocycles. The van der Waals surface area contributed by atoms with E-state index in [1.807, 2.05) is 0 Å². The Balaban J connectivity index is 1.73. The molecule has 2 saturated heterocycles. The lowest BCUT2D eigenvalue weighted by atomic mass is 9.96. The van der Waals surface area contributed by atoms with E-state index in [4.69, 9.17) is 4.74 Å². The fourth-order valence-corrected chi connectivity index (χ4v) is 4.67. The van der Waals surface area contributed by atoms with Gasteiger partial charge in [-0.15, -0.1) is 0 Å². The van der Waals surface area contributed by atoms with Crippen molar-refractivity contribution in [2.75, 3.05) is 0 Å². The number of carbonyl (C=O) groups is 1. The minimum absolute atomic E-state index is 0.0271. The maximum absolute atomic E-state index is 13.7. The van der Waals surface area contributed by atoms with Gasteiger partial charge in [-0.1, -0.05) is 15.9 Å². The molecule has 2 aliphatic heterocycles. The first-order chi connectivity index (χ1) is 14.4. The molecule has 3 nitrogen and oxygen atoms in total. The second-order valence-electron chi connectivity index (χ2n) is 7.38. The van der Waals surface area contributed by atoms with Crippen LogP contribution in [0.3, 0.4) is 0 Å². The second kappa shape index (κ2) is 7.39. The lowest BCUT2D eigenvalue weighted by Gasteiger charge is -2.24. The van der Waals surface area contributed by atoms with Gasteiger partial charge in [0.15, 0.2) is 0 Å². The zero-order valence-electron chi connectivity index (χ0n) is 15.4. The van der Waals surface area contributed by atoms with Gasteiger partial charge in [-0.05, 0) is 60.4 Å². The van der Waals surface area contributed by atoms with Crippen LogP contribution in [0.1, 0.15) is 47.2 Å². The summed E-state index contributed by atoms with van der Waals surface area (Å²) in [6.07, 6.45) is -11.6. The van der Waals surface area contributed by atoms with Crippen LogP contribution >= 0.6 is 15.9 Å². The van der Waals surface area contributed by atoms with Crippen LogP contribution in [0.5, 0.6) is 0 Å². The number of hydrogen-bond acceptors (Lipinski definition) is 2. The fraction of sp³-hybridized carbons (Fsp3) is 0.350. The smallest absolute Gasteiger partial charge is 0.416 e. The average Bonchev–Trinajstić information content (AvgIpc) is 3.23. The van der Waals surface area contributed by atoms with E-state index in [0.29, 0.717) is 28.6 Å². The molecule has 2 fully saturated rings. The molecular weight excluding hydrogens is 499 g/mol. The summed E-state index contributed by atoms with van der Waals surface area (Å²) in [5.41, 5.74) is -2.90. The molecule has 0 aliphatic carbocycles. The van der Waals surface area contributed by atoms with Crippen LogP contribution < -0.4 is 0 Å². The molecular formula is C20H13BrF7NO2. The third-order valence-corrected chi connectivity index (χ3v) is 6.19. The molecule has 1 amide bonds. The Hall–Kier alpha value is -2.30. The zero-order valence-corrected chi connectivity index (χ0v) is 17.0. The molecule has 31 heavy (non-hydrogen) atoms. The number of alkyl halides is 6. The van der Waals surface area contributed by atoms with E-state index in [2.05, 4.69) is 15.9 Å². The summed E-state index contributed by atoms with van der Waals surface area (Å²) in [4.78, 5) is 13.8. The summed E-state index contributed by atoms with van der Waals surface area (Å²) >= 11 is 3.28. The normalized spacial score (nSPS) is 23.8. The van der Waals surface area contributed by atoms with Crippen molar-refractivity contribution in [1.29, 1.82) is 0 Å². The summed E-state index contributed by atoms with van der Waals surface area (Å²) in [5, 5.41) is 0. The van der Waals surface area contributed by atoms with Gasteiger partial charge < -0.3 is 4.74 Å². The summed E-state index contributed by atoms with van der Waals surface area (Å²) in [5.74, 6) is -0.543. The topological polar surface area (TPSA) is 29.5 Å². The Morgan fingerprint density at radius 1 is 0.935 bits per heavy atom. The number of benzene rings is 2. The Bertz CT molecular complexity index is 1000. The van der Waals surface area contributed by atoms with Crippen LogP contribution in [0.2, 0.25) is 0 Å². The summed E-state index contributed by atoms with van der Waals surface area (Å²) in [6.45, 7) is 0. The summed E-state index contributed by atoms with van der Waals surface area (Å²) in [6, 6.07) is 3.66. The molecule has 166 valence electrons. The van der Waals surface area contributed by atoms with Crippen molar-refractivity contribution < 1.29 is 40.3 Å². The number of halogens is 8. The van der Waals surface area contributed by atoms with Crippen LogP contribution in [-0.4, -0.2) is 17.0 Å². The number of amides is 1. The van der Waals surface area contributed by atoms with Crippen LogP contribution in [0.15, 0.2) is 40.9 Å². The zero-order chi connectivity index (χ0) is 22.7. The second-order valence-corrected chi connectivity index (χ2v) is 8.23. The third-order valence-electron chi connectivity index (χ3n) is 5.47. The molecule has 0 aromatic heterocycles. The Morgan fingerprint density at radius 2 is 1.55 bits per heavy atom. The molecule has 0 N–H and O–H groups in total. The SMILES string of the molecule is O=C1O[C@H](c2cc(C(F)(F)F)cc(C(F)(F)F)c2)[C@@H]2CC[C@@H](c3cc(F)ccc3Br)N12. The molecule has 0 spiro atoms. The van der Waals surface area contributed by atoms with Gasteiger partial charge in [0.2, 0.25) is 0 Å². The first-order valence-electron chi connectivity index (χ1n) is 9.09. The highest BCUT2D eigenvalue weighted by atomic mass is 79.9. The van der Waals surface area contributed by atoms with Gasteiger partial charge in [0.1, 0.15) is 11.9 Å². The predicted octanol–water partition coefficient (Wildman–Crippen LogP) is 7.02. The van der Waals surface area contributed by atoms with Gasteiger partial charge in [-0.25, -0.2) is 9.18 Å². The van der Waals surface area contributed by atoms with Crippen LogP contribution in [-0.2, 0) is 17.1 Å². The van der Waals surface area contributed by atoms with E-state index in [-0.39, 0.29) is 18.1 Å². The Kier molecular flexibility index (Phi) is 5.22. The molecule has 2 aromatic carbocycles. The lowest BCUT2D eigenvalue weighted by molar-refractivity contribution is -0.143. The first-order valence-corrected chi connectivity index (χ1v) is 9.89. The minimum Gasteiger partial charge on any atom is -0.439 e. The molecule has 2 aromatic rings. The largest absolute Gasteiger partial charge is 0.439 e. The number of rotatable bonds is 2. The van der Waals surface area contributed by atoms with E-state index in [0.717, 1.165) is 0 Å². The minimum atomic E-state index is -5.01. The van der Waals surface area contributed by atoms with Gasteiger partial charge in [0.25, 0.3) is 0 Å². The van der Waals surface area contributed by atoms with Crippen molar-refractivity contribution >= 4 is 22.0 Å². The molecule has 3 atom stereocenters. The summed E-state index contributed by atoms with van der Waals surface area (Å²) in [7, 11) is 0. The number of nitrogens with zero attached hydrogens (tertiary/aromatic N) is 1. The number of hydrogen-bond donors (Lipinski definition) is 0. The van der Waals surface area contributed by atoms with Gasteiger partial charge in [-0.3, -0.25) is 4.90 Å². The number of fused-ring (bicyclic) bond motifs is 1. The highest BCUT2D eigenvalue weighted by Gasteiger charge is 2.51. The lowest BCUT2D eigenvalue weighted by Crippen LogP contribution is -2.30. The molecule has 0 saturated carbocycles. The highest BCUT2D eigenvalue weighted by molar-refractivity contribution is 9.10.